The maximum absolute atomic E-state index is 3.76. The molecule has 1 nitrogen and oxygen atoms in total. The van der Waals surface area contributed by atoms with Crippen LogP contribution in [-0.4, -0.2) is 4.98 Å². The summed E-state index contributed by atoms with van der Waals surface area (Å²) in [4.78, 5) is 3.32. The van der Waals surface area contributed by atoms with Crippen LogP contribution in [0.25, 0.3) is 10.9 Å². The van der Waals surface area contributed by atoms with Crippen LogP contribution in [0, 0.1) is 6.92 Å². The van der Waals surface area contributed by atoms with Gasteiger partial charge in [-0.25, -0.2) is 0 Å². The van der Waals surface area contributed by atoms with Crippen LogP contribution in [0.3, 0.4) is 0 Å². The molecule has 0 atom stereocenters. The van der Waals surface area contributed by atoms with Crippen LogP contribution < -0.4 is 0 Å². The minimum Gasteiger partial charge on any atom is -0.359 e. The van der Waals surface area contributed by atoms with E-state index in [1.54, 1.807) is 0 Å². The van der Waals surface area contributed by atoms with Gasteiger partial charge in [0.05, 0.1) is 0 Å². The molecule has 0 saturated carbocycles. The second-order valence-corrected chi connectivity index (χ2v) is 3.32. The molecule has 0 saturated heterocycles. The van der Waals surface area contributed by atoms with E-state index in [-0.39, 0.29) is 0 Å². The van der Waals surface area contributed by atoms with Crippen molar-refractivity contribution in [2.75, 3.05) is 0 Å². The molecule has 66 valence electrons. The van der Waals surface area contributed by atoms with Crippen LogP contribution in [0.15, 0.2) is 36.9 Å². The molecule has 1 heteroatoms. The van der Waals surface area contributed by atoms with E-state index in [0.29, 0.717) is 0 Å². The lowest BCUT2D eigenvalue weighted by molar-refractivity contribution is 1.30. The maximum Gasteiger partial charge on any atom is 0.0458 e. The van der Waals surface area contributed by atoms with Crippen molar-refractivity contribution in [3.8, 4) is 0 Å². The van der Waals surface area contributed by atoms with Gasteiger partial charge >= 0.3 is 0 Å². The monoisotopic (exact) mass is 171 g/mol. The van der Waals surface area contributed by atoms with Crippen LogP contribution in [0.1, 0.15) is 11.3 Å². The molecule has 1 aromatic heterocycles. The summed E-state index contributed by atoms with van der Waals surface area (Å²) in [7, 11) is 0. The predicted molar refractivity (Wildman–Crippen MR) is 56.9 cm³/mol. The quantitative estimate of drug-likeness (QED) is 0.668. The zero-order valence-electron chi connectivity index (χ0n) is 7.80. The summed E-state index contributed by atoms with van der Waals surface area (Å²) >= 11 is 0. The molecule has 2 aromatic rings. The van der Waals surface area contributed by atoms with E-state index in [4.69, 9.17) is 0 Å². The molecule has 0 radical (unpaired) electrons. The lowest BCUT2D eigenvalue weighted by Gasteiger charge is -1.97. The van der Waals surface area contributed by atoms with Crippen LogP contribution in [-0.2, 0) is 6.42 Å². The highest BCUT2D eigenvalue weighted by Crippen LogP contribution is 2.19. The maximum atomic E-state index is 3.76. The van der Waals surface area contributed by atoms with E-state index < -0.39 is 0 Å². The molecule has 0 spiro atoms. The molecule has 0 aliphatic heterocycles. The SMILES string of the molecule is C=CCc1cccc2[nH]c(C)cc12. The Morgan fingerprint density at radius 3 is 3.08 bits per heavy atom. The van der Waals surface area contributed by atoms with E-state index in [1.807, 2.05) is 6.08 Å². The van der Waals surface area contributed by atoms with E-state index >= 15 is 0 Å². The Morgan fingerprint density at radius 2 is 2.31 bits per heavy atom. The number of allylic oxidation sites excluding steroid dienone is 1. The highest BCUT2D eigenvalue weighted by atomic mass is 14.7. The van der Waals surface area contributed by atoms with Gasteiger partial charge < -0.3 is 4.98 Å². The van der Waals surface area contributed by atoms with Gasteiger partial charge in [0.1, 0.15) is 0 Å². The van der Waals surface area contributed by atoms with Crippen LogP contribution >= 0.6 is 0 Å². The molecule has 0 aliphatic rings. The Kier molecular flexibility index (Phi) is 1.93. The average Bonchev–Trinajstić information content (AvgIpc) is 2.47. The second kappa shape index (κ2) is 3.09. The Morgan fingerprint density at radius 1 is 1.46 bits per heavy atom. The van der Waals surface area contributed by atoms with Gasteiger partial charge in [-0.3, -0.25) is 0 Å². The zero-order chi connectivity index (χ0) is 9.26. The van der Waals surface area contributed by atoms with Gasteiger partial charge in [-0.2, -0.15) is 0 Å². The Bertz CT molecular complexity index is 437. The Labute approximate surface area is 78.1 Å². The van der Waals surface area contributed by atoms with Gasteiger partial charge in [-0.15, -0.1) is 6.58 Å². The third kappa shape index (κ3) is 1.37. The smallest absolute Gasteiger partial charge is 0.0458 e. The molecule has 1 N–H and O–H groups in total. The first-order valence-electron chi connectivity index (χ1n) is 4.49. The predicted octanol–water partition coefficient (Wildman–Crippen LogP) is 3.20. The number of aryl methyl sites for hydroxylation is 1. The summed E-state index contributed by atoms with van der Waals surface area (Å²) in [5.41, 5.74) is 3.78. The van der Waals surface area contributed by atoms with E-state index in [9.17, 15) is 0 Å². The topological polar surface area (TPSA) is 15.8 Å². The van der Waals surface area contributed by atoms with Crippen molar-refractivity contribution in [1.82, 2.24) is 4.98 Å². The summed E-state index contributed by atoms with van der Waals surface area (Å²) in [6, 6.07) is 8.53. The summed E-state index contributed by atoms with van der Waals surface area (Å²) in [6.45, 7) is 5.84. The number of benzene rings is 1. The molecule has 0 unspecified atom stereocenters. The molecule has 13 heavy (non-hydrogen) atoms. The third-order valence-electron chi connectivity index (χ3n) is 2.25. The minimum atomic E-state index is 0.939. The van der Waals surface area contributed by atoms with Crippen LogP contribution in [0.5, 0.6) is 0 Å². The number of aromatic nitrogens is 1. The number of fused-ring (bicyclic) bond motifs is 1. The second-order valence-electron chi connectivity index (χ2n) is 3.32. The van der Waals surface area contributed by atoms with Crippen molar-refractivity contribution in [2.24, 2.45) is 0 Å². The first-order chi connectivity index (χ1) is 6.31. The molecule has 0 fully saturated rings. The molecule has 1 aromatic carbocycles. The molecule has 0 amide bonds. The Balaban J connectivity index is 2.67. The number of aromatic amines is 1. The lowest BCUT2D eigenvalue weighted by Crippen LogP contribution is -1.80. The molecular formula is C12H13N. The summed E-state index contributed by atoms with van der Waals surface area (Å²) < 4.78 is 0. The van der Waals surface area contributed by atoms with Crippen molar-refractivity contribution in [3.05, 3.63) is 48.2 Å². The van der Waals surface area contributed by atoms with Gasteiger partial charge in [-0.05, 0) is 31.0 Å². The summed E-state index contributed by atoms with van der Waals surface area (Å²) in [6.07, 6.45) is 2.88. The summed E-state index contributed by atoms with van der Waals surface area (Å²) in [5.74, 6) is 0. The first-order valence-corrected chi connectivity index (χ1v) is 4.49. The van der Waals surface area contributed by atoms with E-state index in [1.165, 1.54) is 22.2 Å². The summed E-state index contributed by atoms with van der Waals surface area (Å²) in [5, 5.41) is 1.32. The lowest BCUT2D eigenvalue weighted by atomic mass is 10.1. The molecule has 0 aliphatic carbocycles. The standard InChI is InChI=1S/C12H13N/c1-3-5-10-6-4-7-12-11(10)8-9(2)13-12/h3-4,6-8,13H,1,5H2,2H3. The van der Waals surface area contributed by atoms with Crippen molar-refractivity contribution in [1.29, 1.82) is 0 Å². The molecular weight excluding hydrogens is 158 g/mol. The van der Waals surface area contributed by atoms with Crippen molar-refractivity contribution in [3.63, 3.8) is 0 Å². The van der Waals surface area contributed by atoms with Gasteiger partial charge in [0.15, 0.2) is 0 Å². The minimum absolute atomic E-state index is 0.939. The van der Waals surface area contributed by atoms with Crippen LogP contribution in [0.4, 0.5) is 0 Å². The number of nitrogens with one attached hydrogen (secondary N) is 1. The van der Waals surface area contributed by atoms with Gasteiger partial charge in [0.2, 0.25) is 0 Å². The fraction of sp³-hybridized carbons (Fsp3) is 0.167. The van der Waals surface area contributed by atoms with Crippen molar-refractivity contribution < 1.29 is 0 Å². The average molecular weight is 171 g/mol. The highest BCUT2D eigenvalue weighted by molar-refractivity contribution is 5.84. The van der Waals surface area contributed by atoms with Crippen molar-refractivity contribution in [2.45, 2.75) is 13.3 Å². The third-order valence-corrected chi connectivity index (χ3v) is 2.25. The van der Waals surface area contributed by atoms with Gasteiger partial charge in [0.25, 0.3) is 0 Å². The molecule has 1 heterocycles. The fourth-order valence-corrected chi connectivity index (χ4v) is 1.69. The highest BCUT2D eigenvalue weighted by Gasteiger charge is 2.00. The molecule has 0 bridgehead atoms. The van der Waals surface area contributed by atoms with Crippen molar-refractivity contribution >= 4 is 10.9 Å². The largest absolute Gasteiger partial charge is 0.359 e. The normalized spacial score (nSPS) is 10.5. The fourth-order valence-electron chi connectivity index (χ4n) is 1.69. The number of hydrogen-bond donors (Lipinski definition) is 1. The van der Waals surface area contributed by atoms with E-state index in [0.717, 1.165) is 6.42 Å². The van der Waals surface area contributed by atoms with E-state index in [2.05, 4.69) is 42.8 Å². The zero-order valence-corrected chi connectivity index (χ0v) is 7.80. The van der Waals surface area contributed by atoms with Gasteiger partial charge in [-0.1, -0.05) is 18.2 Å². The number of H-pyrrole nitrogens is 1. The molecule has 2 rings (SSSR count). The number of rotatable bonds is 2. The Hall–Kier alpha value is -1.50. The first kappa shape index (κ1) is 8.11. The number of hydrogen-bond acceptors (Lipinski definition) is 0. The van der Waals surface area contributed by atoms with Crippen LogP contribution in [0.2, 0.25) is 0 Å². The van der Waals surface area contributed by atoms with Gasteiger partial charge in [0, 0.05) is 16.6 Å².